The highest BCUT2D eigenvalue weighted by molar-refractivity contribution is 5.75. The standard InChI is InChI=1S/C13H16N4O2/c1-2-13(12(18)19)4-3-5-17(9-13)11-8-15-10(6-14)7-16-11/h7-8H,2-5,9H2,1H3,(H,18,19). The lowest BCUT2D eigenvalue weighted by Crippen LogP contribution is -2.48. The second kappa shape index (κ2) is 5.22. The molecule has 0 saturated carbocycles. The van der Waals surface area contributed by atoms with E-state index in [-0.39, 0.29) is 5.69 Å². The van der Waals surface area contributed by atoms with Crippen molar-refractivity contribution in [1.29, 1.82) is 5.26 Å². The van der Waals surface area contributed by atoms with E-state index < -0.39 is 11.4 Å². The Balaban J connectivity index is 2.21. The summed E-state index contributed by atoms with van der Waals surface area (Å²) in [7, 11) is 0. The fraction of sp³-hybridized carbons (Fsp3) is 0.538. The second-order valence-electron chi connectivity index (χ2n) is 4.84. The fourth-order valence-corrected chi connectivity index (χ4v) is 2.48. The first kappa shape index (κ1) is 13.3. The summed E-state index contributed by atoms with van der Waals surface area (Å²) in [5.41, 5.74) is -0.436. The van der Waals surface area contributed by atoms with Gasteiger partial charge in [-0.2, -0.15) is 5.26 Å². The highest BCUT2D eigenvalue weighted by Crippen LogP contribution is 2.35. The molecule has 1 aliphatic rings. The molecule has 0 radical (unpaired) electrons. The third kappa shape index (κ3) is 2.50. The van der Waals surface area contributed by atoms with Crippen LogP contribution in [0.1, 0.15) is 31.9 Å². The Morgan fingerprint density at radius 1 is 1.58 bits per heavy atom. The van der Waals surface area contributed by atoms with Crippen LogP contribution in [0.5, 0.6) is 0 Å². The summed E-state index contributed by atoms with van der Waals surface area (Å²) in [5, 5.41) is 18.1. The lowest BCUT2D eigenvalue weighted by molar-refractivity contribution is -0.149. The van der Waals surface area contributed by atoms with Crippen molar-refractivity contribution in [3.8, 4) is 6.07 Å². The number of aromatic nitrogens is 2. The maximum Gasteiger partial charge on any atom is 0.311 e. The van der Waals surface area contributed by atoms with E-state index in [0.717, 1.165) is 13.0 Å². The van der Waals surface area contributed by atoms with Gasteiger partial charge in [0.25, 0.3) is 0 Å². The molecule has 1 aromatic rings. The number of carboxylic acid groups (broad SMARTS) is 1. The summed E-state index contributed by atoms with van der Waals surface area (Å²) in [4.78, 5) is 21.6. The van der Waals surface area contributed by atoms with Crippen molar-refractivity contribution >= 4 is 11.8 Å². The molecule has 2 heterocycles. The minimum atomic E-state index is -0.749. The molecular formula is C13H16N4O2. The molecule has 1 unspecified atom stereocenters. The predicted octanol–water partition coefficient (Wildman–Crippen LogP) is 1.43. The molecule has 1 N–H and O–H groups in total. The number of hydrogen-bond acceptors (Lipinski definition) is 5. The van der Waals surface area contributed by atoms with E-state index in [1.54, 1.807) is 0 Å². The van der Waals surface area contributed by atoms with Crippen molar-refractivity contribution in [2.45, 2.75) is 26.2 Å². The first-order chi connectivity index (χ1) is 9.11. The average molecular weight is 260 g/mol. The molecule has 0 aliphatic carbocycles. The summed E-state index contributed by atoms with van der Waals surface area (Å²) in [6, 6.07) is 1.92. The van der Waals surface area contributed by atoms with Crippen LogP contribution >= 0.6 is 0 Å². The molecular weight excluding hydrogens is 244 g/mol. The Kier molecular flexibility index (Phi) is 3.65. The maximum absolute atomic E-state index is 11.5. The van der Waals surface area contributed by atoms with E-state index >= 15 is 0 Å². The van der Waals surface area contributed by atoms with Gasteiger partial charge in [-0.1, -0.05) is 6.92 Å². The van der Waals surface area contributed by atoms with Crippen LogP contribution in [0.3, 0.4) is 0 Å². The van der Waals surface area contributed by atoms with Crippen LogP contribution < -0.4 is 4.90 Å². The quantitative estimate of drug-likeness (QED) is 0.884. The smallest absolute Gasteiger partial charge is 0.311 e. The molecule has 1 atom stereocenters. The second-order valence-corrected chi connectivity index (χ2v) is 4.84. The highest BCUT2D eigenvalue weighted by atomic mass is 16.4. The van der Waals surface area contributed by atoms with Gasteiger partial charge in [-0.15, -0.1) is 0 Å². The van der Waals surface area contributed by atoms with Crippen molar-refractivity contribution in [1.82, 2.24) is 9.97 Å². The zero-order valence-electron chi connectivity index (χ0n) is 10.8. The molecule has 0 bridgehead atoms. The third-order valence-corrected chi connectivity index (χ3v) is 3.78. The number of carbonyl (C=O) groups is 1. The van der Waals surface area contributed by atoms with E-state index in [1.165, 1.54) is 12.4 Å². The van der Waals surface area contributed by atoms with Crippen LogP contribution in [-0.4, -0.2) is 34.1 Å². The van der Waals surface area contributed by atoms with Crippen LogP contribution in [0.2, 0.25) is 0 Å². The molecule has 1 saturated heterocycles. The number of aliphatic carboxylic acids is 1. The summed E-state index contributed by atoms with van der Waals surface area (Å²) in [6.07, 6.45) is 5.06. The summed E-state index contributed by atoms with van der Waals surface area (Å²) in [5.74, 6) is -0.112. The number of nitrogens with zero attached hydrogens (tertiary/aromatic N) is 4. The summed E-state index contributed by atoms with van der Waals surface area (Å²) >= 11 is 0. The fourth-order valence-electron chi connectivity index (χ4n) is 2.48. The Bertz CT molecular complexity index is 508. The van der Waals surface area contributed by atoms with E-state index in [1.807, 2.05) is 17.9 Å². The van der Waals surface area contributed by atoms with Gasteiger partial charge in [0.2, 0.25) is 0 Å². The largest absolute Gasteiger partial charge is 0.481 e. The monoisotopic (exact) mass is 260 g/mol. The number of anilines is 1. The van der Waals surface area contributed by atoms with Crippen LogP contribution in [0.15, 0.2) is 12.4 Å². The average Bonchev–Trinajstić information content (AvgIpc) is 2.47. The van der Waals surface area contributed by atoms with Crippen molar-refractivity contribution in [2.24, 2.45) is 5.41 Å². The zero-order valence-corrected chi connectivity index (χ0v) is 10.8. The third-order valence-electron chi connectivity index (χ3n) is 3.78. The topological polar surface area (TPSA) is 90.1 Å². The molecule has 0 amide bonds. The van der Waals surface area contributed by atoms with E-state index in [0.29, 0.717) is 25.2 Å². The minimum absolute atomic E-state index is 0.265. The van der Waals surface area contributed by atoms with Gasteiger partial charge in [0.1, 0.15) is 11.9 Å². The zero-order chi connectivity index (χ0) is 13.9. The Labute approximate surface area is 111 Å². The first-order valence-electron chi connectivity index (χ1n) is 6.32. The lowest BCUT2D eigenvalue weighted by atomic mass is 9.77. The van der Waals surface area contributed by atoms with Crippen LogP contribution in [0, 0.1) is 16.7 Å². The lowest BCUT2D eigenvalue weighted by Gasteiger charge is -2.39. The maximum atomic E-state index is 11.5. The Morgan fingerprint density at radius 2 is 2.37 bits per heavy atom. The molecule has 0 aromatic carbocycles. The number of rotatable bonds is 3. The molecule has 6 nitrogen and oxygen atoms in total. The SMILES string of the molecule is CCC1(C(=O)O)CCCN(c2cnc(C#N)cn2)C1. The number of nitriles is 1. The Morgan fingerprint density at radius 3 is 2.89 bits per heavy atom. The minimum Gasteiger partial charge on any atom is -0.481 e. The molecule has 2 rings (SSSR count). The van der Waals surface area contributed by atoms with Crippen molar-refractivity contribution < 1.29 is 9.90 Å². The van der Waals surface area contributed by atoms with E-state index in [4.69, 9.17) is 5.26 Å². The van der Waals surface area contributed by atoms with E-state index in [2.05, 4.69) is 9.97 Å². The molecule has 1 fully saturated rings. The van der Waals surface area contributed by atoms with Crippen molar-refractivity contribution in [2.75, 3.05) is 18.0 Å². The van der Waals surface area contributed by atoms with Crippen LogP contribution in [0.25, 0.3) is 0 Å². The highest BCUT2D eigenvalue weighted by Gasteiger charge is 2.41. The van der Waals surface area contributed by atoms with Gasteiger partial charge in [-0.25, -0.2) is 9.97 Å². The van der Waals surface area contributed by atoms with E-state index in [9.17, 15) is 9.90 Å². The van der Waals surface area contributed by atoms with Crippen molar-refractivity contribution in [3.63, 3.8) is 0 Å². The molecule has 19 heavy (non-hydrogen) atoms. The van der Waals surface area contributed by atoms with Gasteiger partial charge in [0, 0.05) is 13.1 Å². The Hall–Kier alpha value is -2.16. The van der Waals surface area contributed by atoms with Gasteiger partial charge < -0.3 is 10.0 Å². The normalized spacial score (nSPS) is 22.8. The predicted molar refractivity (Wildman–Crippen MR) is 68.6 cm³/mol. The van der Waals surface area contributed by atoms with Gasteiger partial charge in [0.15, 0.2) is 5.69 Å². The summed E-state index contributed by atoms with van der Waals surface area (Å²) in [6.45, 7) is 3.12. The van der Waals surface area contributed by atoms with Gasteiger partial charge in [-0.3, -0.25) is 4.79 Å². The number of hydrogen-bond donors (Lipinski definition) is 1. The molecule has 6 heteroatoms. The first-order valence-corrected chi connectivity index (χ1v) is 6.32. The van der Waals surface area contributed by atoms with Crippen molar-refractivity contribution in [3.05, 3.63) is 18.1 Å². The molecule has 0 spiro atoms. The molecule has 1 aromatic heterocycles. The van der Waals surface area contributed by atoms with Crippen LogP contribution in [0.4, 0.5) is 5.82 Å². The van der Waals surface area contributed by atoms with Gasteiger partial charge in [-0.05, 0) is 19.3 Å². The molecule has 1 aliphatic heterocycles. The molecule has 100 valence electrons. The number of piperidine rings is 1. The van der Waals surface area contributed by atoms with Gasteiger partial charge in [0.05, 0.1) is 17.8 Å². The van der Waals surface area contributed by atoms with Gasteiger partial charge >= 0.3 is 5.97 Å². The summed E-state index contributed by atoms with van der Waals surface area (Å²) < 4.78 is 0. The number of carboxylic acids is 1. The van der Waals surface area contributed by atoms with Crippen LogP contribution in [-0.2, 0) is 4.79 Å².